The van der Waals surface area contributed by atoms with Gasteiger partial charge in [0.05, 0.1) is 0 Å². The smallest absolute Gasteiger partial charge is 0.410 e. The van der Waals surface area contributed by atoms with Gasteiger partial charge in [-0.25, -0.2) is 9.78 Å². The number of aromatic nitrogens is 1. The van der Waals surface area contributed by atoms with E-state index in [1.807, 2.05) is 33.8 Å². The lowest BCUT2D eigenvalue weighted by Gasteiger charge is -2.35. The minimum absolute atomic E-state index is 0.267. The fourth-order valence-corrected chi connectivity index (χ4v) is 3.11. The SMILES string of the molecule is Cc1cc(C=O)cnc1N1CCC(CN(C)C(=O)OC(C)(C)C)CC1. The third-order valence-electron chi connectivity index (χ3n) is 4.36. The molecule has 0 aliphatic carbocycles. The van der Waals surface area contributed by atoms with Crippen LogP contribution in [0.3, 0.4) is 0 Å². The van der Waals surface area contributed by atoms with Gasteiger partial charge in [-0.3, -0.25) is 4.79 Å². The second kappa shape index (κ2) is 7.85. The number of aldehydes is 1. The summed E-state index contributed by atoms with van der Waals surface area (Å²) in [6.07, 6.45) is 4.19. The van der Waals surface area contributed by atoms with Gasteiger partial charge in [0.15, 0.2) is 6.29 Å². The number of pyridine rings is 1. The van der Waals surface area contributed by atoms with Crippen molar-refractivity contribution >= 4 is 18.2 Å². The van der Waals surface area contributed by atoms with E-state index in [1.165, 1.54) is 0 Å². The van der Waals surface area contributed by atoms with Crippen LogP contribution in [-0.2, 0) is 4.74 Å². The van der Waals surface area contributed by atoms with Gasteiger partial charge in [0.2, 0.25) is 0 Å². The van der Waals surface area contributed by atoms with Gasteiger partial charge in [0.1, 0.15) is 11.4 Å². The number of amides is 1. The van der Waals surface area contributed by atoms with Crippen molar-refractivity contribution in [3.8, 4) is 0 Å². The fraction of sp³-hybridized carbons (Fsp3) is 0.632. The molecule has 1 aliphatic rings. The molecule has 2 rings (SSSR count). The number of aryl methyl sites for hydroxylation is 1. The van der Waals surface area contributed by atoms with E-state index in [-0.39, 0.29) is 6.09 Å². The zero-order valence-corrected chi connectivity index (χ0v) is 15.9. The number of carbonyl (C=O) groups excluding carboxylic acids is 2. The zero-order valence-electron chi connectivity index (χ0n) is 15.9. The van der Waals surface area contributed by atoms with Gasteiger partial charge in [0, 0.05) is 38.4 Å². The lowest BCUT2D eigenvalue weighted by atomic mass is 9.96. The molecule has 2 heterocycles. The average Bonchev–Trinajstić information content (AvgIpc) is 2.54. The highest BCUT2D eigenvalue weighted by atomic mass is 16.6. The van der Waals surface area contributed by atoms with Crippen molar-refractivity contribution < 1.29 is 14.3 Å². The van der Waals surface area contributed by atoms with Gasteiger partial charge < -0.3 is 14.5 Å². The maximum absolute atomic E-state index is 12.1. The molecule has 0 radical (unpaired) electrons. The number of ether oxygens (including phenoxy) is 1. The predicted molar refractivity (Wildman–Crippen MR) is 98.2 cm³/mol. The van der Waals surface area contributed by atoms with Crippen molar-refractivity contribution in [2.24, 2.45) is 5.92 Å². The highest BCUT2D eigenvalue weighted by Crippen LogP contribution is 2.25. The molecule has 6 nitrogen and oxygen atoms in total. The van der Waals surface area contributed by atoms with Crippen LogP contribution in [0.15, 0.2) is 12.3 Å². The van der Waals surface area contributed by atoms with Crippen molar-refractivity contribution in [1.29, 1.82) is 0 Å². The largest absolute Gasteiger partial charge is 0.444 e. The lowest BCUT2D eigenvalue weighted by molar-refractivity contribution is 0.0266. The third-order valence-corrected chi connectivity index (χ3v) is 4.36. The molecule has 0 unspecified atom stereocenters. The van der Waals surface area contributed by atoms with Gasteiger partial charge in [-0.1, -0.05) is 0 Å². The highest BCUT2D eigenvalue weighted by molar-refractivity contribution is 5.75. The standard InChI is InChI=1S/C19H29N3O3/c1-14-10-16(13-23)11-20-17(14)22-8-6-15(7-9-22)12-21(5)18(24)25-19(2,3)4/h10-11,13,15H,6-9,12H2,1-5H3. The minimum Gasteiger partial charge on any atom is -0.444 e. The number of nitrogens with zero attached hydrogens (tertiary/aromatic N) is 3. The second-order valence-corrected chi connectivity index (χ2v) is 7.82. The number of rotatable bonds is 4. The summed E-state index contributed by atoms with van der Waals surface area (Å²) in [6, 6.07) is 1.87. The molecule has 0 N–H and O–H groups in total. The summed E-state index contributed by atoms with van der Waals surface area (Å²) in [7, 11) is 1.80. The van der Waals surface area contributed by atoms with Crippen LogP contribution >= 0.6 is 0 Å². The van der Waals surface area contributed by atoms with Crippen molar-refractivity contribution in [2.45, 2.75) is 46.1 Å². The first-order chi connectivity index (χ1) is 11.7. The molecule has 1 aromatic rings. The van der Waals surface area contributed by atoms with Gasteiger partial charge in [-0.05, 0) is 58.1 Å². The second-order valence-electron chi connectivity index (χ2n) is 7.82. The van der Waals surface area contributed by atoms with Crippen LogP contribution in [0, 0.1) is 12.8 Å². The van der Waals surface area contributed by atoms with E-state index in [1.54, 1.807) is 18.1 Å². The molecule has 6 heteroatoms. The van der Waals surface area contributed by atoms with Crippen LogP contribution in [0.25, 0.3) is 0 Å². The Hall–Kier alpha value is -2.11. The van der Waals surface area contributed by atoms with Crippen LogP contribution in [0.5, 0.6) is 0 Å². The van der Waals surface area contributed by atoms with E-state index in [0.29, 0.717) is 18.0 Å². The number of hydrogen-bond acceptors (Lipinski definition) is 5. The lowest BCUT2D eigenvalue weighted by Crippen LogP contribution is -2.41. The van der Waals surface area contributed by atoms with E-state index in [0.717, 1.165) is 43.6 Å². The van der Waals surface area contributed by atoms with E-state index < -0.39 is 5.60 Å². The molecule has 0 saturated carbocycles. The van der Waals surface area contributed by atoms with Gasteiger partial charge in [0.25, 0.3) is 0 Å². The fourth-order valence-electron chi connectivity index (χ4n) is 3.11. The number of anilines is 1. The summed E-state index contributed by atoms with van der Waals surface area (Å²) in [6.45, 7) is 10.1. The van der Waals surface area contributed by atoms with Crippen molar-refractivity contribution in [3.63, 3.8) is 0 Å². The van der Waals surface area contributed by atoms with Crippen molar-refractivity contribution in [1.82, 2.24) is 9.88 Å². The topological polar surface area (TPSA) is 62.7 Å². The van der Waals surface area contributed by atoms with E-state index in [2.05, 4.69) is 9.88 Å². The van der Waals surface area contributed by atoms with Gasteiger partial charge >= 0.3 is 6.09 Å². The molecule has 1 fully saturated rings. The molecule has 1 aliphatic heterocycles. The molecular formula is C19H29N3O3. The normalized spacial score (nSPS) is 15.8. The summed E-state index contributed by atoms with van der Waals surface area (Å²) in [4.78, 5) is 31.3. The Bertz CT molecular complexity index is 617. The first-order valence-electron chi connectivity index (χ1n) is 8.80. The Morgan fingerprint density at radius 1 is 1.40 bits per heavy atom. The molecule has 1 amide bonds. The summed E-state index contributed by atoms with van der Waals surface area (Å²) in [5.74, 6) is 1.41. The number of piperidine rings is 1. The summed E-state index contributed by atoms with van der Waals surface area (Å²) >= 11 is 0. The minimum atomic E-state index is -0.467. The Labute approximate surface area is 150 Å². The molecule has 1 aromatic heterocycles. The summed E-state index contributed by atoms with van der Waals surface area (Å²) < 4.78 is 5.41. The van der Waals surface area contributed by atoms with E-state index in [9.17, 15) is 9.59 Å². The van der Waals surface area contributed by atoms with Gasteiger partial charge in [-0.2, -0.15) is 0 Å². The quantitative estimate of drug-likeness (QED) is 0.782. The van der Waals surface area contributed by atoms with E-state index >= 15 is 0 Å². The first kappa shape index (κ1) is 19.2. The van der Waals surface area contributed by atoms with Crippen LogP contribution in [0.4, 0.5) is 10.6 Å². The molecule has 25 heavy (non-hydrogen) atoms. The predicted octanol–water partition coefficient (Wildman–Crippen LogP) is 3.29. The monoisotopic (exact) mass is 347 g/mol. The van der Waals surface area contributed by atoms with Crippen molar-refractivity contribution in [3.05, 3.63) is 23.4 Å². The molecule has 1 saturated heterocycles. The molecule has 0 bridgehead atoms. The average molecular weight is 347 g/mol. The molecule has 138 valence electrons. The molecule has 0 atom stereocenters. The number of hydrogen-bond donors (Lipinski definition) is 0. The maximum Gasteiger partial charge on any atom is 0.410 e. The van der Waals surface area contributed by atoms with Crippen LogP contribution < -0.4 is 4.90 Å². The Balaban J connectivity index is 1.87. The maximum atomic E-state index is 12.1. The number of carbonyl (C=O) groups is 2. The summed E-state index contributed by atoms with van der Waals surface area (Å²) in [5.41, 5.74) is 1.16. The van der Waals surface area contributed by atoms with E-state index in [4.69, 9.17) is 4.74 Å². The van der Waals surface area contributed by atoms with Crippen molar-refractivity contribution in [2.75, 3.05) is 31.6 Å². The van der Waals surface area contributed by atoms with Crippen LogP contribution in [0.1, 0.15) is 49.5 Å². The molecule has 0 aromatic carbocycles. The van der Waals surface area contributed by atoms with Crippen LogP contribution in [0.2, 0.25) is 0 Å². The molecular weight excluding hydrogens is 318 g/mol. The zero-order chi connectivity index (χ0) is 18.6. The Morgan fingerprint density at radius 2 is 2.04 bits per heavy atom. The van der Waals surface area contributed by atoms with Gasteiger partial charge in [-0.15, -0.1) is 0 Å². The first-order valence-corrected chi connectivity index (χ1v) is 8.80. The highest BCUT2D eigenvalue weighted by Gasteiger charge is 2.25. The molecule has 0 spiro atoms. The Morgan fingerprint density at radius 3 is 2.56 bits per heavy atom. The Kier molecular flexibility index (Phi) is 6.03. The van der Waals surface area contributed by atoms with Crippen LogP contribution in [-0.4, -0.2) is 54.5 Å². The summed E-state index contributed by atoms with van der Waals surface area (Å²) in [5, 5.41) is 0. The third kappa shape index (κ3) is 5.44.